The van der Waals surface area contributed by atoms with Gasteiger partial charge in [-0.3, -0.25) is 4.79 Å². The Balaban J connectivity index is 2.89. The predicted octanol–water partition coefficient (Wildman–Crippen LogP) is 0.816. The monoisotopic (exact) mass is 265 g/mol. The van der Waals surface area contributed by atoms with Crippen LogP contribution in [-0.4, -0.2) is 59.9 Å². The molecule has 0 saturated carbocycles. The molecule has 0 bridgehead atoms. The zero-order valence-corrected chi connectivity index (χ0v) is 12.3. The van der Waals surface area contributed by atoms with Crippen molar-refractivity contribution < 1.29 is 4.79 Å². The summed E-state index contributed by atoms with van der Waals surface area (Å²) < 4.78 is 0. The van der Waals surface area contributed by atoms with Crippen molar-refractivity contribution in [2.24, 2.45) is 0 Å². The summed E-state index contributed by atoms with van der Waals surface area (Å²) in [5, 5.41) is 0. The highest BCUT2D eigenvalue weighted by Crippen LogP contribution is 2.14. The first-order valence-corrected chi connectivity index (χ1v) is 6.35. The minimum atomic E-state index is -0.163. The van der Waals surface area contributed by atoms with Crippen molar-refractivity contribution in [3.63, 3.8) is 0 Å². The van der Waals surface area contributed by atoms with E-state index < -0.39 is 0 Å². The zero-order valence-electron chi connectivity index (χ0n) is 12.3. The molecule has 0 spiro atoms. The molecule has 1 amide bonds. The van der Waals surface area contributed by atoms with Gasteiger partial charge in [0.15, 0.2) is 5.69 Å². The molecule has 2 N–H and O–H groups in total. The van der Waals surface area contributed by atoms with E-state index in [1.54, 1.807) is 11.9 Å². The van der Waals surface area contributed by atoms with Crippen molar-refractivity contribution in [3.05, 3.63) is 17.7 Å². The topological polar surface area (TPSA) is 75.3 Å². The Kier molecular flexibility index (Phi) is 5.23. The van der Waals surface area contributed by atoms with Crippen LogP contribution in [0.15, 0.2) is 6.20 Å². The number of rotatable bonds is 5. The van der Waals surface area contributed by atoms with Crippen LogP contribution in [0, 0.1) is 0 Å². The summed E-state index contributed by atoms with van der Waals surface area (Å²) in [6.45, 7) is 5.39. The molecule has 1 aromatic heterocycles. The van der Waals surface area contributed by atoms with Crippen LogP contribution in [0.1, 0.15) is 36.1 Å². The van der Waals surface area contributed by atoms with Gasteiger partial charge >= 0.3 is 0 Å². The van der Waals surface area contributed by atoms with Gasteiger partial charge in [0.05, 0.1) is 11.9 Å². The van der Waals surface area contributed by atoms with Crippen LogP contribution in [0.3, 0.4) is 0 Å². The summed E-state index contributed by atoms with van der Waals surface area (Å²) >= 11 is 0. The van der Waals surface area contributed by atoms with E-state index in [1.165, 1.54) is 6.20 Å². The highest BCUT2D eigenvalue weighted by molar-refractivity contribution is 5.96. The molecule has 0 saturated heterocycles. The number of amides is 1. The van der Waals surface area contributed by atoms with E-state index in [1.807, 2.05) is 32.8 Å². The Hall–Kier alpha value is -1.69. The molecule has 1 heterocycles. The standard InChI is InChI=1S/C13H23N5O/c1-9(2)12-15-8-10(14)11(16-12)13(19)18(5)7-6-17(3)4/h8-9H,6-7,14H2,1-5H3. The van der Waals surface area contributed by atoms with Gasteiger partial charge in [0.1, 0.15) is 5.82 Å². The first-order chi connectivity index (χ1) is 8.82. The number of nitrogen functional groups attached to an aromatic ring is 1. The molecular formula is C13H23N5O. The third-order valence-electron chi connectivity index (χ3n) is 2.78. The van der Waals surface area contributed by atoms with Crippen LogP contribution in [0.2, 0.25) is 0 Å². The van der Waals surface area contributed by atoms with Gasteiger partial charge in [-0.05, 0) is 14.1 Å². The van der Waals surface area contributed by atoms with E-state index in [0.29, 0.717) is 23.8 Å². The molecule has 0 fully saturated rings. The van der Waals surface area contributed by atoms with Gasteiger partial charge in [0, 0.05) is 26.1 Å². The maximum atomic E-state index is 12.3. The number of nitrogens with two attached hydrogens (primary N) is 1. The van der Waals surface area contributed by atoms with Crippen molar-refractivity contribution in [2.75, 3.05) is 40.0 Å². The van der Waals surface area contributed by atoms with Crippen LogP contribution in [-0.2, 0) is 0 Å². The molecule has 0 atom stereocenters. The summed E-state index contributed by atoms with van der Waals surface area (Å²) in [5.41, 5.74) is 6.42. The van der Waals surface area contributed by atoms with Crippen molar-refractivity contribution in [3.8, 4) is 0 Å². The van der Waals surface area contributed by atoms with Gasteiger partial charge in [0.25, 0.3) is 5.91 Å². The number of hydrogen-bond acceptors (Lipinski definition) is 5. The van der Waals surface area contributed by atoms with E-state index >= 15 is 0 Å². The van der Waals surface area contributed by atoms with E-state index in [-0.39, 0.29) is 11.8 Å². The van der Waals surface area contributed by atoms with E-state index in [2.05, 4.69) is 9.97 Å². The van der Waals surface area contributed by atoms with E-state index in [0.717, 1.165) is 6.54 Å². The van der Waals surface area contributed by atoms with Crippen LogP contribution in [0.25, 0.3) is 0 Å². The Morgan fingerprint density at radius 2 is 1.95 bits per heavy atom. The summed E-state index contributed by atoms with van der Waals surface area (Å²) in [7, 11) is 5.69. The Bertz CT molecular complexity index is 445. The van der Waals surface area contributed by atoms with Crippen molar-refractivity contribution in [2.45, 2.75) is 19.8 Å². The fraction of sp³-hybridized carbons (Fsp3) is 0.615. The normalized spacial score (nSPS) is 11.1. The minimum absolute atomic E-state index is 0.163. The molecule has 0 aliphatic carbocycles. The Morgan fingerprint density at radius 1 is 1.32 bits per heavy atom. The molecule has 19 heavy (non-hydrogen) atoms. The third-order valence-corrected chi connectivity index (χ3v) is 2.78. The van der Waals surface area contributed by atoms with Crippen LogP contribution < -0.4 is 5.73 Å². The van der Waals surface area contributed by atoms with Gasteiger partial charge in [-0.25, -0.2) is 9.97 Å². The maximum Gasteiger partial charge on any atom is 0.274 e. The second kappa shape index (κ2) is 6.47. The Morgan fingerprint density at radius 3 is 2.47 bits per heavy atom. The second-order valence-corrected chi connectivity index (χ2v) is 5.22. The molecule has 0 aliphatic heterocycles. The molecular weight excluding hydrogens is 242 g/mol. The van der Waals surface area contributed by atoms with Crippen LogP contribution in [0.5, 0.6) is 0 Å². The summed E-state index contributed by atoms with van der Waals surface area (Å²) in [6, 6.07) is 0. The molecule has 6 heteroatoms. The lowest BCUT2D eigenvalue weighted by molar-refractivity contribution is 0.0781. The Labute approximate surface area is 114 Å². The van der Waals surface area contributed by atoms with E-state index in [9.17, 15) is 4.79 Å². The van der Waals surface area contributed by atoms with E-state index in [4.69, 9.17) is 5.73 Å². The third kappa shape index (κ3) is 4.17. The number of nitrogens with zero attached hydrogens (tertiary/aromatic N) is 4. The lowest BCUT2D eigenvalue weighted by atomic mass is 10.2. The summed E-state index contributed by atoms with van der Waals surface area (Å²) in [5.74, 6) is 0.640. The lowest BCUT2D eigenvalue weighted by Crippen LogP contribution is -2.34. The van der Waals surface area contributed by atoms with Crippen LogP contribution >= 0.6 is 0 Å². The first-order valence-electron chi connectivity index (χ1n) is 6.35. The van der Waals surface area contributed by atoms with Gasteiger partial charge in [-0.1, -0.05) is 13.8 Å². The number of aromatic nitrogens is 2. The molecule has 0 aliphatic rings. The fourth-order valence-electron chi connectivity index (χ4n) is 1.49. The quantitative estimate of drug-likeness (QED) is 0.853. The SMILES string of the molecule is CC(C)c1ncc(N)c(C(=O)N(C)CCN(C)C)n1. The van der Waals surface area contributed by atoms with Gasteiger partial charge in [-0.2, -0.15) is 0 Å². The van der Waals surface area contributed by atoms with Gasteiger partial charge in [0.2, 0.25) is 0 Å². The molecule has 6 nitrogen and oxygen atoms in total. The molecule has 0 radical (unpaired) electrons. The average molecular weight is 265 g/mol. The van der Waals surface area contributed by atoms with Crippen molar-refractivity contribution in [1.29, 1.82) is 0 Å². The van der Waals surface area contributed by atoms with Crippen LogP contribution in [0.4, 0.5) is 5.69 Å². The average Bonchev–Trinajstić information content (AvgIpc) is 2.35. The number of carbonyl (C=O) groups is 1. The maximum absolute atomic E-state index is 12.3. The van der Waals surface area contributed by atoms with Crippen molar-refractivity contribution in [1.82, 2.24) is 19.8 Å². The van der Waals surface area contributed by atoms with Gasteiger partial charge in [-0.15, -0.1) is 0 Å². The number of carbonyl (C=O) groups excluding carboxylic acids is 1. The minimum Gasteiger partial charge on any atom is -0.396 e. The largest absolute Gasteiger partial charge is 0.396 e. The zero-order chi connectivity index (χ0) is 14.6. The highest BCUT2D eigenvalue weighted by Gasteiger charge is 2.18. The number of likely N-dealkylation sites (N-methyl/N-ethyl adjacent to an activating group) is 2. The number of anilines is 1. The fourth-order valence-corrected chi connectivity index (χ4v) is 1.49. The van der Waals surface area contributed by atoms with Gasteiger partial charge < -0.3 is 15.5 Å². The van der Waals surface area contributed by atoms with Crippen molar-refractivity contribution >= 4 is 11.6 Å². The molecule has 0 unspecified atom stereocenters. The second-order valence-electron chi connectivity index (χ2n) is 5.22. The lowest BCUT2D eigenvalue weighted by Gasteiger charge is -2.20. The highest BCUT2D eigenvalue weighted by atomic mass is 16.2. The summed E-state index contributed by atoms with van der Waals surface area (Å²) in [6.07, 6.45) is 1.51. The predicted molar refractivity (Wildman–Crippen MR) is 76.0 cm³/mol. The number of hydrogen-bond donors (Lipinski definition) is 1. The molecule has 0 aromatic carbocycles. The first kappa shape index (κ1) is 15.4. The smallest absolute Gasteiger partial charge is 0.274 e. The molecule has 1 aromatic rings. The molecule has 106 valence electrons. The summed E-state index contributed by atoms with van der Waals surface area (Å²) in [4.78, 5) is 24.4. The molecule has 1 rings (SSSR count).